The molecule has 3 rings (SSSR count). The Hall–Kier alpha value is -3.09. The van der Waals surface area contributed by atoms with Gasteiger partial charge in [-0.15, -0.1) is 0 Å². The van der Waals surface area contributed by atoms with Crippen molar-refractivity contribution in [2.75, 3.05) is 0 Å². The van der Waals surface area contributed by atoms with Gasteiger partial charge in [0.2, 0.25) is 0 Å². The highest BCUT2D eigenvalue weighted by molar-refractivity contribution is 5.93. The van der Waals surface area contributed by atoms with Crippen molar-refractivity contribution >= 4 is 5.91 Å². The summed E-state index contributed by atoms with van der Waals surface area (Å²) in [5, 5.41) is 6.83. The first kappa shape index (κ1) is 15.8. The molecule has 1 aromatic carbocycles. The van der Waals surface area contributed by atoms with Crippen LogP contribution in [0.25, 0.3) is 5.82 Å². The highest BCUT2D eigenvalue weighted by Crippen LogP contribution is 2.09. The molecule has 0 atom stereocenters. The highest BCUT2D eigenvalue weighted by atomic mass is 19.1. The number of pyridine rings is 1. The van der Waals surface area contributed by atoms with E-state index in [9.17, 15) is 13.6 Å². The van der Waals surface area contributed by atoms with E-state index in [1.165, 1.54) is 18.3 Å². The molecule has 122 valence electrons. The van der Waals surface area contributed by atoms with E-state index >= 15 is 0 Å². The molecular formula is C17H14F2N4O. The molecular weight excluding hydrogens is 314 g/mol. The predicted molar refractivity (Wildman–Crippen MR) is 83.6 cm³/mol. The number of hydrogen-bond acceptors (Lipinski definition) is 3. The molecule has 0 aliphatic rings. The molecule has 0 aliphatic heterocycles. The van der Waals surface area contributed by atoms with Crippen molar-refractivity contribution in [2.45, 2.75) is 13.5 Å². The zero-order valence-electron chi connectivity index (χ0n) is 12.8. The number of aromatic nitrogens is 3. The number of nitrogens with one attached hydrogen (secondary N) is 1. The average molecular weight is 328 g/mol. The fourth-order valence-electron chi connectivity index (χ4n) is 2.20. The van der Waals surface area contributed by atoms with Gasteiger partial charge in [-0.05, 0) is 42.8 Å². The Labute approximate surface area is 137 Å². The molecule has 1 amide bonds. The Morgan fingerprint density at radius 1 is 1.17 bits per heavy atom. The topological polar surface area (TPSA) is 59.8 Å². The van der Waals surface area contributed by atoms with Crippen molar-refractivity contribution in [3.05, 3.63) is 77.2 Å². The molecule has 2 heterocycles. The van der Waals surface area contributed by atoms with Crippen molar-refractivity contribution in [1.29, 1.82) is 0 Å². The first-order valence-corrected chi connectivity index (χ1v) is 7.23. The zero-order valence-corrected chi connectivity index (χ0v) is 12.8. The summed E-state index contributed by atoms with van der Waals surface area (Å²) in [5.41, 5.74) is 1.55. The van der Waals surface area contributed by atoms with Gasteiger partial charge in [-0.3, -0.25) is 4.79 Å². The minimum atomic E-state index is -0.681. The first-order valence-electron chi connectivity index (χ1n) is 7.23. The second-order valence-corrected chi connectivity index (χ2v) is 5.27. The van der Waals surface area contributed by atoms with E-state index in [-0.39, 0.29) is 12.5 Å². The molecule has 24 heavy (non-hydrogen) atoms. The van der Waals surface area contributed by atoms with Crippen LogP contribution in [0, 0.1) is 18.6 Å². The summed E-state index contributed by atoms with van der Waals surface area (Å²) >= 11 is 0. The minimum Gasteiger partial charge on any atom is -0.348 e. The lowest BCUT2D eigenvalue weighted by Crippen LogP contribution is -2.23. The summed E-state index contributed by atoms with van der Waals surface area (Å²) in [7, 11) is 0. The second kappa shape index (κ2) is 6.57. The number of rotatable bonds is 4. The van der Waals surface area contributed by atoms with E-state index in [1.807, 2.05) is 13.0 Å². The van der Waals surface area contributed by atoms with Crippen molar-refractivity contribution in [1.82, 2.24) is 20.1 Å². The largest absolute Gasteiger partial charge is 0.348 e. The van der Waals surface area contributed by atoms with Gasteiger partial charge in [0, 0.05) is 25.0 Å². The third-order valence-corrected chi connectivity index (χ3v) is 3.34. The maximum absolute atomic E-state index is 13.1. The highest BCUT2D eigenvalue weighted by Gasteiger charge is 2.08. The van der Waals surface area contributed by atoms with Crippen molar-refractivity contribution in [3.63, 3.8) is 0 Å². The Bertz CT molecular complexity index is 854. The Balaban J connectivity index is 1.66. The lowest BCUT2D eigenvalue weighted by Gasteiger charge is -2.06. The number of carbonyl (C=O) groups excluding carboxylic acids is 1. The van der Waals surface area contributed by atoms with Crippen LogP contribution in [0.3, 0.4) is 0 Å². The summed E-state index contributed by atoms with van der Waals surface area (Å²) in [6.45, 7) is 1.89. The van der Waals surface area contributed by atoms with E-state index in [4.69, 9.17) is 0 Å². The third kappa shape index (κ3) is 3.62. The van der Waals surface area contributed by atoms with Crippen LogP contribution in [0.4, 0.5) is 8.78 Å². The molecule has 2 aromatic heterocycles. The van der Waals surface area contributed by atoms with Gasteiger partial charge >= 0.3 is 0 Å². The molecule has 0 bridgehead atoms. The third-order valence-electron chi connectivity index (χ3n) is 3.34. The monoisotopic (exact) mass is 328 g/mol. The van der Waals surface area contributed by atoms with Crippen LogP contribution in [-0.4, -0.2) is 20.7 Å². The number of nitrogens with zero attached hydrogens (tertiary/aromatic N) is 3. The first-order chi connectivity index (χ1) is 11.5. The second-order valence-electron chi connectivity index (χ2n) is 5.27. The van der Waals surface area contributed by atoms with Gasteiger partial charge in [0.05, 0.1) is 11.3 Å². The fourth-order valence-corrected chi connectivity index (χ4v) is 2.20. The van der Waals surface area contributed by atoms with Crippen LogP contribution < -0.4 is 5.32 Å². The van der Waals surface area contributed by atoms with Gasteiger partial charge < -0.3 is 5.32 Å². The summed E-state index contributed by atoms with van der Waals surface area (Å²) in [4.78, 5) is 16.3. The molecule has 0 saturated heterocycles. The normalized spacial score (nSPS) is 10.6. The molecule has 0 radical (unpaired) electrons. The molecule has 0 aliphatic carbocycles. The Kier molecular flexibility index (Phi) is 4.33. The number of halogens is 2. The lowest BCUT2D eigenvalue weighted by molar-refractivity contribution is 0.0950. The maximum atomic E-state index is 13.1. The summed E-state index contributed by atoms with van der Waals surface area (Å²) < 4.78 is 27.8. The lowest BCUT2D eigenvalue weighted by atomic mass is 10.2. The molecule has 7 heteroatoms. The van der Waals surface area contributed by atoms with E-state index in [2.05, 4.69) is 15.4 Å². The predicted octanol–water partition coefficient (Wildman–Crippen LogP) is 2.78. The van der Waals surface area contributed by atoms with Gasteiger partial charge in [-0.1, -0.05) is 0 Å². The van der Waals surface area contributed by atoms with Crippen LogP contribution in [0.2, 0.25) is 0 Å². The SMILES string of the molecule is Cc1ccn(-c2ccc(C(=O)NCc3cc(F)cc(F)c3)cn2)n1. The van der Waals surface area contributed by atoms with Crippen molar-refractivity contribution < 1.29 is 13.6 Å². The average Bonchev–Trinajstić information content (AvgIpc) is 2.98. The quantitative estimate of drug-likeness (QED) is 0.801. The molecule has 3 aromatic rings. The standard InChI is InChI=1S/C17H14F2N4O/c1-11-4-5-23(22-11)16-3-2-13(10-20-16)17(24)21-9-12-6-14(18)8-15(19)7-12/h2-8,10H,9H2,1H3,(H,21,24). The molecule has 1 N–H and O–H groups in total. The van der Waals surface area contributed by atoms with Crippen LogP contribution in [0.15, 0.2) is 48.8 Å². The molecule has 0 saturated carbocycles. The van der Waals surface area contributed by atoms with E-state index in [1.54, 1.807) is 23.0 Å². The molecule has 0 fully saturated rings. The van der Waals surface area contributed by atoms with Gasteiger partial charge in [0.25, 0.3) is 5.91 Å². The van der Waals surface area contributed by atoms with Crippen LogP contribution in [0.5, 0.6) is 0 Å². The summed E-state index contributed by atoms with van der Waals surface area (Å²) in [6.07, 6.45) is 3.20. The van der Waals surface area contributed by atoms with Crippen molar-refractivity contribution in [3.8, 4) is 5.82 Å². The summed E-state index contributed by atoms with van der Waals surface area (Å²) in [6, 6.07) is 8.25. The van der Waals surface area contributed by atoms with Crippen LogP contribution in [0.1, 0.15) is 21.6 Å². The van der Waals surface area contributed by atoms with Gasteiger partial charge in [0.1, 0.15) is 11.6 Å². The molecule has 0 unspecified atom stereocenters. The fraction of sp³-hybridized carbons (Fsp3) is 0.118. The Morgan fingerprint density at radius 3 is 2.50 bits per heavy atom. The number of benzene rings is 1. The smallest absolute Gasteiger partial charge is 0.253 e. The van der Waals surface area contributed by atoms with Crippen LogP contribution in [-0.2, 0) is 6.54 Å². The van der Waals surface area contributed by atoms with E-state index in [0.717, 1.165) is 11.8 Å². The zero-order chi connectivity index (χ0) is 17.1. The number of aryl methyl sites for hydroxylation is 1. The number of hydrogen-bond donors (Lipinski definition) is 1. The van der Waals surface area contributed by atoms with Gasteiger partial charge in [0.15, 0.2) is 5.82 Å². The van der Waals surface area contributed by atoms with E-state index in [0.29, 0.717) is 16.9 Å². The van der Waals surface area contributed by atoms with Crippen molar-refractivity contribution in [2.24, 2.45) is 0 Å². The molecule has 0 spiro atoms. The maximum Gasteiger partial charge on any atom is 0.253 e. The number of carbonyl (C=O) groups is 1. The van der Waals surface area contributed by atoms with Gasteiger partial charge in [-0.25, -0.2) is 18.4 Å². The van der Waals surface area contributed by atoms with Crippen LogP contribution >= 0.6 is 0 Å². The minimum absolute atomic E-state index is 0.0214. The number of amides is 1. The summed E-state index contributed by atoms with van der Waals surface area (Å²) in [5.74, 6) is -1.15. The van der Waals surface area contributed by atoms with Gasteiger partial charge in [-0.2, -0.15) is 5.10 Å². The molecule has 5 nitrogen and oxygen atoms in total. The van der Waals surface area contributed by atoms with E-state index < -0.39 is 11.6 Å². The Morgan fingerprint density at radius 2 is 1.92 bits per heavy atom.